The number of aliphatic hydroxyl groups excluding tert-OH is 1. The van der Waals surface area contributed by atoms with Gasteiger partial charge in [-0.25, -0.2) is 4.79 Å². The minimum Gasteiger partial charge on any atom is -0.467 e. The lowest BCUT2D eigenvalue weighted by atomic mass is 10.2. The van der Waals surface area contributed by atoms with Gasteiger partial charge in [0.25, 0.3) is 0 Å². The van der Waals surface area contributed by atoms with Gasteiger partial charge in [-0.05, 0) is 6.42 Å². The van der Waals surface area contributed by atoms with E-state index >= 15 is 0 Å². The second-order valence-electron chi connectivity index (χ2n) is 2.33. The van der Waals surface area contributed by atoms with Crippen molar-refractivity contribution in [1.29, 1.82) is 0 Å². The van der Waals surface area contributed by atoms with Crippen molar-refractivity contribution in [3.8, 4) is 0 Å². The molecule has 0 rings (SSSR count). The summed E-state index contributed by atoms with van der Waals surface area (Å²) in [4.78, 5) is 21.7. The number of nitrogens with one attached hydrogen (secondary N) is 1. The highest BCUT2D eigenvalue weighted by Crippen LogP contribution is 1.95. The van der Waals surface area contributed by atoms with E-state index in [4.69, 9.17) is 5.11 Å². The molecule has 0 radical (unpaired) electrons. The number of amides is 1. The predicted molar refractivity (Wildman–Crippen MR) is 45.8 cm³/mol. The molecule has 5 heteroatoms. The summed E-state index contributed by atoms with van der Waals surface area (Å²) in [5, 5.41) is 10.7. The van der Waals surface area contributed by atoms with Gasteiger partial charge in [-0.1, -0.05) is 6.08 Å². The van der Waals surface area contributed by atoms with Crippen LogP contribution in [0.3, 0.4) is 0 Å². The van der Waals surface area contributed by atoms with E-state index in [1.165, 1.54) is 13.2 Å². The van der Waals surface area contributed by atoms with Crippen molar-refractivity contribution in [3.63, 3.8) is 0 Å². The third-order valence-electron chi connectivity index (χ3n) is 1.37. The lowest BCUT2D eigenvalue weighted by Crippen LogP contribution is -2.42. The SMILES string of the molecule is C=CC[C@H](NC(=O)CO)C(=O)OC. The zero-order chi connectivity index (χ0) is 10.3. The number of aliphatic hydroxyl groups is 1. The molecule has 0 aliphatic rings. The van der Waals surface area contributed by atoms with Crippen LogP contribution < -0.4 is 5.32 Å². The fourth-order valence-corrected chi connectivity index (χ4v) is 0.763. The highest BCUT2D eigenvalue weighted by molar-refractivity contribution is 5.84. The summed E-state index contributed by atoms with van der Waals surface area (Å²) in [7, 11) is 1.23. The fraction of sp³-hybridized carbons (Fsp3) is 0.500. The summed E-state index contributed by atoms with van der Waals surface area (Å²) in [6, 6.07) is -0.762. The van der Waals surface area contributed by atoms with Crippen molar-refractivity contribution >= 4 is 11.9 Å². The van der Waals surface area contributed by atoms with Crippen molar-refractivity contribution in [2.24, 2.45) is 0 Å². The molecule has 0 unspecified atom stereocenters. The minimum absolute atomic E-state index is 0.276. The van der Waals surface area contributed by atoms with E-state index in [-0.39, 0.29) is 6.42 Å². The summed E-state index contributed by atoms with van der Waals surface area (Å²) in [6.07, 6.45) is 1.76. The molecule has 0 saturated carbocycles. The van der Waals surface area contributed by atoms with Crippen LogP contribution in [0, 0.1) is 0 Å². The number of carbonyl (C=O) groups excluding carboxylic acids is 2. The molecule has 0 bridgehead atoms. The van der Waals surface area contributed by atoms with Crippen molar-refractivity contribution in [3.05, 3.63) is 12.7 Å². The Kier molecular flexibility index (Phi) is 5.54. The predicted octanol–water partition coefficient (Wildman–Crippen LogP) is -0.787. The molecule has 5 nitrogen and oxygen atoms in total. The molecular formula is C8H13NO4. The number of hydrogen-bond acceptors (Lipinski definition) is 4. The molecule has 0 aliphatic heterocycles. The smallest absolute Gasteiger partial charge is 0.328 e. The van der Waals surface area contributed by atoms with E-state index in [2.05, 4.69) is 16.6 Å². The summed E-state index contributed by atoms with van der Waals surface area (Å²) < 4.78 is 4.43. The first-order chi connectivity index (χ1) is 6.15. The highest BCUT2D eigenvalue weighted by Gasteiger charge is 2.18. The van der Waals surface area contributed by atoms with Gasteiger partial charge in [-0.2, -0.15) is 0 Å². The normalized spacial score (nSPS) is 11.5. The van der Waals surface area contributed by atoms with Crippen LogP contribution in [0.5, 0.6) is 0 Å². The van der Waals surface area contributed by atoms with Gasteiger partial charge in [-0.15, -0.1) is 6.58 Å². The Hall–Kier alpha value is -1.36. The quantitative estimate of drug-likeness (QED) is 0.437. The summed E-state index contributed by atoms with van der Waals surface area (Å²) in [5.41, 5.74) is 0. The molecule has 1 amide bonds. The van der Waals surface area contributed by atoms with Gasteiger partial charge in [-0.3, -0.25) is 4.79 Å². The molecule has 0 saturated heterocycles. The third kappa shape index (κ3) is 4.27. The molecule has 74 valence electrons. The standard InChI is InChI=1S/C8H13NO4/c1-3-4-6(8(12)13-2)9-7(11)5-10/h3,6,10H,1,4-5H2,2H3,(H,9,11)/t6-/m0/s1. The molecular weight excluding hydrogens is 174 g/mol. The number of ether oxygens (including phenoxy) is 1. The molecule has 0 heterocycles. The maximum atomic E-state index is 11.0. The zero-order valence-corrected chi connectivity index (χ0v) is 7.45. The molecule has 2 N–H and O–H groups in total. The molecule has 0 aromatic rings. The van der Waals surface area contributed by atoms with Crippen molar-refractivity contribution < 1.29 is 19.4 Å². The molecule has 0 aromatic heterocycles. The molecule has 0 fully saturated rings. The van der Waals surface area contributed by atoms with Crippen LogP contribution in [-0.4, -0.2) is 36.7 Å². The van der Waals surface area contributed by atoms with Crippen molar-refractivity contribution in [2.45, 2.75) is 12.5 Å². The second-order valence-corrected chi connectivity index (χ2v) is 2.33. The van der Waals surface area contributed by atoms with E-state index in [0.717, 1.165) is 0 Å². The average molecular weight is 187 g/mol. The van der Waals surface area contributed by atoms with Gasteiger partial charge in [0.2, 0.25) is 5.91 Å². The van der Waals surface area contributed by atoms with Crippen LogP contribution in [0.15, 0.2) is 12.7 Å². The van der Waals surface area contributed by atoms with Crippen LogP contribution >= 0.6 is 0 Å². The lowest BCUT2D eigenvalue weighted by Gasteiger charge is -2.13. The van der Waals surface area contributed by atoms with Crippen LogP contribution in [0.2, 0.25) is 0 Å². The number of rotatable bonds is 5. The van der Waals surface area contributed by atoms with Crippen molar-refractivity contribution in [2.75, 3.05) is 13.7 Å². The second kappa shape index (κ2) is 6.19. The average Bonchev–Trinajstić information content (AvgIpc) is 2.15. The molecule has 0 aromatic carbocycles. The van der Waals surface area contributed by atoms with Crippen LogP contribution in [0.1, 0.15) is 6.42 Å². The molecule has 0 aliphatic carbocycles. The monoisotopic (exact) mass is 187 g/mol. The van der Waals surface area contributed by atoms with Crippen molar-refractivity contribution in [1.82, 2.24) is 5.32 Å². The Bertz CT molecular complexity index is 202. The maximum Gasteiger partial charge on any atom is 0.328 e. The van der Waals surface area contributed by atoms with Gasteiger partial charge in [0.15, 0.2) is 0 Å². The van der Waals surface area contributed by atoms with Gasteiger partial charge < -0.3 is 15.2 Å². The summed E-state index contributed by atoms with van der Waals surface area (Å²) >= 11 is 0. The Labute approximate surface area is 76.4 Å². The zero-order valence-electron chi connectivity index (χ0n) is 7.45. The first-order valence-corrected chi connectivity index (χ1v) is 3.74. The highest BCUT2D eigenvalue weighted by atomic mass is 16.5. The Balaban J connectivity index is 4.16. The van der Waals surface area contributed by atoms with Gasteiger partial charge >= 0.3 is 5.97 Å². The van der Waals surface area contributed by atoms with Gasteiger partial charge in [0.1, 0.15) is 12.6 Å². The van der Waals surface area contributed by atoms with E-state index in [0.29, 0.717) is 0 Å². The lowest BCUT2D eigenvalue weighted by molar-refractivity contribution is -0.145. The number of hydrogen-bond donors (Lipinski definition) is 2. The summed E-state index contributed by atoms with van der Waals surface area (Å²) in [5.74, 6) is -1.17. The molecule has 0 spiro atoms. The van der Waals surface area contributed by atoms with E-state index < -0.39 is 24.5 Å². The molecule has 1 atom stereocenters. The number of methoxy groups -OCH3 is 1. The van der Waals surface area contributed by atoms with E-state index in [9.17, 15) is 9.59 Å². The maximum absolute atomic E-state index is 11.0. The Morgan fingerprint density at radius 1 is 1.69 bits per heavy atom. The first kappa shape index (κ1) is 11.6. The number of carbonyl (C=O) groups is 2. The van der Waals surface area contributed by atoms with Crippen LogP contribution in [-0.2, 0) is 14.3 Å². The van der Waals surface area contributed by atoms with Gasteiger partial charge in [0, 0.05) is 0 Å². The van der Waals surface area contributed by atoms with Crippen LogP contribution in [0.4, 0.5) is 0 Å². The number of esters is 1. The Morgan fingerprint density at radius 3 is 2.69 bits per heavy atom. The Morgan fingerprint density at radius 2 is 2.31 bits per heavy atom. The van der Waals surface area contributed by atoms with Crippen LogP contribution in [0.25, 0.3) is 0 Å². The van der Waals surface area contributed by atoms with E-state index in [1.54, 1.807) is 0 Å². The summed E-state index contributed by atoms with van der Waals surface area (Å²) in [6.45, 7) is 2.78. The molecule has 13 heavy (non-hydrogen) atoms. The van der Waals surface area contributed by atoms with Gasteiger partial charge in [0.05, 0.1) is 7.11 Å². The van der Waals surface area contributed by atoms with E-state index in [1.807, 2.05) is 0 Å². The fourth-order valence-electron chi connectivity index (χ4n) is 0.763. The minimum atomic E-state index is -0.762. The largest absolute Gasteiger partial charge is 0.467 e. The topological polar surface area (TPSA) is 75.6 Å². The first-order valence-electron chi connectivity index (χ1n) is 3.74. The third-order valence-corrected chi connectivity index (χ3v) is 1.37.